The number of aryl methyl sites for hydroxylation is 1. The van der Waals surface area contributed by atoms with Gasteiger partial charge in [0, 0.05) is 18.4 Å². The van der Waals surface area contributed by atoms with E-state index in [9.17, 15) is 9.59 Å². The second kappa shape index (κ2) is 8.16. The SMILES string of the molecule is NC(=O)[C@@H](NC(=O)CCc1ccc(-c2ccccc2)o1)c1ccccc1. The molecular formula is C21H20N2O3. The zero-order chi connectivity index (χ0) is 18.4. The Morgan fingerprint density at radius 2 is 1.58 bits per heavy atom. The lowest BCUT2D eigenvalue weighted by Gasteiger charge is -2.15. The molecule has 1 heterocycles. The van der Waals surface area contributed by atoms with Crippen LogP contribution in [0.1, 0.15) is 23.8 Å². The van der Waals surface area contributed by atoms with Gasteiger partial charge in [0.05, 0.1) is 0 Å². The van der Waals surface area contributed by atoms with Gasteiger partial charge in [-0.05, 0) is 17.7 Å². The van der Waals surface area contributed by atoms with E-state index in [4.69, 9.17) is 10.2 Å². The van der Waals surface area contributed by atoms with E-state index in [2.05, 4.69) is 5.32 Å². The van der Waals surface area contributed by atoms with Crippen molar-refractivity contribution in [2.75, 3.05) is 0 Å². The number of hydrogen-bond donors (Lipinski definition) is 2. The Bertz CT molecular complexity index is 873. The maximum Gasteiger partial charge on any atom is 0.244 e. The molecule has 0 unspecified atom stereocenters. The largest absolute Gasteiger partial charge is 0.461 e. The Labute approximate surface area is 151 Å². The monoisotopic (exact) mass is 348 g/mol. The van der Waals surface area contributed by atoms with Crippen LogP contribution in [0.4, 0.5) is 0 Å². The van der Waals surface area contributed by atoms with Crippen LogP contribution in [0.5, 0.6) is 0 Å². The molecule has 0 bridgehead atoms. The lowest BCUT2D eigenvalue weighted by molar-refractivity contribution is -0.127. The Morgan fingerprint density at radius 3 is 2.23 bits per heavy atom. The minimum atomic E-state index is -0.833. The molecule has 0 aliphatic rings. The van der Waals surface area contributed by atoms with Crippen LogP contribution in [-0.4, -0.2) is 11.8 Å². The van der Waals surface area contributed by atoms with Crippen molar-refractivity contribution in [3.05, 3.63) is 84.1 Å². The Balaban J connectivity index is 1.59. The number of rotatable bonds is 7. The van der Waals surface area contributed by atoms with E-state index < -0.39 is 11.9 Å². The highest BCUT2D eigenvalue weighted by Crippen LogP contribution is 2.22. The molecule has 3 rings (SSSR count). The molecule has 2 amide bonds. The zero-order valence-electron chi connectivity index (χ0n) is 14.2. The van der Waals surface area contributed by atoms with E-state index in [0.717, 1.165) is 11.3 Å². The van der Waals surface area contributed by atoms with Crippen LogP contribution in [0, 0.1) is 0 Å². The summed E-state index contributed by atoms with van der Waals surface area (Å²) < 4.78 is 5.79. The van der Waals surface area contributed by atoms with E-state index >= 15 is 0 Å². The highest BCUT2D eigenvalue weighted by molar-refractivity contribution is 5.87. The minimum absolute atomic E-state index is 0.207. The van der Waals surface area contributed by atoms with Gasteiger partial charge in [-0.1, -0.05) is 60.7 Å². The van der Waals surface area contributed by atoms with Gasteiger partial charge in [-0.15, -0.1) is 0 Å². The van der Waals surface area contributed by atoms with Crippen LogP contribution in [0.25, 0.3) is 11.3 Å². The molecule has 26 heavy (non-hydrogen) atoms. The van der Waals surface area contributed by atoms with Gasteiger partial charge in [0.25, 0.3) is 0 Å². The van der Waals surface area contributed by atoms with Gasteiger partial charge < -0.3 is 15.5 Å². The summed E-state index contributed by atoms with van der Waals surface area (Å²) in [6.45, 7) is 0. The fraction of sp³-hybridized carbons (Fsp3) is 0.143. The van der Waals surface area contributed by atoms with Crippen molar-refractivity contribution in [2.45, 2.75) is 18.9 Å². The molecule has 132 valence electrons. The first-order chi connectivity index (χ1) is 12.6. The fourth-order valence-electron chi connectivity index (χ4n) is 2.70. The zero-order valence-corrected chi connectivity index (χ0v) is 14.2. The first-order valence-electron chi connectivity index (χ1n) is 8.41. The average Bonchev–Trinajstić information content (AvgIpc) is 3.15. The molecule has 1 aromatic heterocycles. The smallest absolute Gasteiger partial charge is 0.244 e. The molecule has 0 fully saturated rings. The number of nitrogens with one attached hydrogen (secondary N) is 1. The summed E-state index contributed by atoms with van der Waals surface area (Å²) in [5, 5.41) is 2.69. The van der Waals surface area contributed by atoms with Crippen molar-refractivity contribution in [2.24, 2.45) is 5.73 Å². The van der Waals surface area contributed by atoms with E-state index in [1.54, 1.807) is 24.3 Å². The number of benzene rings is 2. The molecule has 0 aliphatic carbocycles. The summed E-state index contributed by atoms with van der Waals surface area (Å²) in [6, 6.07) is 21.6. The standard InChI is InChI=1S/C21H20N2O3/c22-21(25)20(16-9-5-2-6-10-16)23-19(24)14-12-17-11-13-18(26-17)15-7-3-1-4-8-15/h1-11,13,20H,12,14H2,(H2,22,25)(H,23,24)/t20-/m0/s1. The van der Waals surface area contributed by atoms with E-state index in [0.29, 0.717) is 17.7 Å². The summed E-state index contributed by atoms with van der Waals surface area (Å²) in [5.74, 6) is 0.638. The number of carbonyl (C=O) groups excluding carboxylic acids is 2. The molecule has 5 heteroatoms. The maximum absolute atomic E-state index is 12.2. The van der Waals surface area contributed by atoms with E-state index in [1.165, 1.54) is 0 Å². The first kappa shape index (κ1) is 17.5. The quantitative estimate of drug-likeness (QED) is 0.687. The van der Waals surface area contributed by atoms with Crippen molar-refractivity contribution in [3.8, 4) is 11.3 Å². The van der Waals surface area contributed by atoms with Crippen LogP contribution in [0.15, 0.2) is 77.2 Å². The van der Waals surface area contributed by atoms with Crippen molar-refractivity contribution in [1.29, 1.82) is 0 Å². The predicted octanol–water partition coefficient (Wildman–Crippen LogP) is 3.22. The lowest BCUT2D eigenvalue weighted by atomic mass is 10.1. The van der Waals surface area contributed by atoms with Gasteiger partial charge in [-0.2, -0.15) is 0 Å². The van der Waals surface area contributed by atoms with Gasteiger partial charge in [-0.3, -0.25) is 9.59 Å². The molecule has 0 saturated carbocycles. The van der Waals surface area contributed by atoms with Crippen molar-refractivity contribution >= 4 is 11.8 Å². The molecule has 5 nitrogen and oxygen atoms in total. The number of nitrogens with two attached hydrogens (primary N) is 1. The Morgan fingerprint density at radius 1 is 0.923 bits per heavy atom. The molecule has 3 aromatic rings. The Kier molecular flexibility index (Phi) is 5.49. The predicted molar refractivity (Wildman–Crippen MR) is 99.0 cm³/mol. The van der Waals surface area contributed by atoms with E-state index in [1.807, 2.05) is 48.5 Å². The molecular weight excluding hydrogens is 328 g/mol. The topological polar surface area (TPSA) is 85.3 Å². The van der Waals surface area contributed by atoms with Crippen LogP contribution >= 0.6 is 0 Å². The van der Waals surface area contributed by atoms with Gasteiger partial charge in [0.1, 0.15) is 17.6 Å². The maximum atomic E-state index is 12.2. The number of furan rings is 1. The molecule has 0 radical (unpaired) electrons. The van der Waals surface area contributed by atoms with Crippen LogP contribution in [0.2, 0.25) is 0 Å². The number of hydrogen-bond acceptors (Lipinski definition) is 3. The van der Waals surface area contributed by atoms with Gasteiger partial charge >= 0.3 is 0 Å². The summed E-state index contributed by atoms with van der Waals surface area (Å²) >= 11 is 0. The number of primary amides is 1. The van der Waals surface area contributed by atoms with Gasteiger partial charge in [0.15, 0.2) is 0 Å². The van der Waals surface area contributed by atoms with E-state index in [-0.39, 0.29) is 12.3 Å². The molecule has 3 N–H and O–H groups in total. The van der Waals surface area contributed by atoms with Crippen molar-refractivity contribution < 1.29 is 14.0 Å². The van der Waals surface area contributed by atoms with Crippen LogP contribution < -0.4 is 11.1 Å². The van der Waals surface area contributed by atoms with Crippen LogP contribution in [0.3, 0.4) is 0 Å². The second-order valence-corrected chi connectivity index (χ2v) is 5.95. The third-order valence-corrected chi connectivity index (χ3v) is 4.04. The second-order valence-electron chi connectivity index (χ2n) is 5.95. The molecule has 2 aromatic carbocycles. The highest BCUT2D eigenvalue weighted by atomic mass is 16.3. The molecule has 0 spiro atoms. The summed E-state index contributed by atoms with van der Waals surface area (Å²) in [6.07, 6.45) is 0.650. The average molecular weight is 348 g/mol. The summed E-state index contributed by atoms with van der Waals surface area (Å²) in [5.41, 5.74) is 7.07. The minimum Gasteiger partial charge on any atom is -0.461 e. The molecule has 1 atom stereocenters. The molecule has 0 saturated heterocycles. The lowest BCUT2D eigenvalue weighted by Crippen LogP contribution is -2.37. The van der Waals surface area contributed by atoms with Crippen molar-refractivity contribution in [3.63, 3.8) is 0 Å². The number of amides is 2. The number of carbonyl (C=O) groups is 2. The highest BCUT2D eigenvalue weighted by Gasteiger charge is 2.20. The van der Waals surface area contributed by atoms with Gasteiger partial charge in [0.2, 0.25) is 11.8 Å². The Hall–Kier alpha value is -3.34. The first-order valence-corrected chi connectivity index (χ1v) is 8.41. The fourth-order valence-corrected chi connectivity index (χ4v) is 2.70. The normalized spacial score (nSPS) is 11.7. The summed E-state index contributed by atoms with van der Waals surface area (Å²) in [7, 11) is 0. The third-order valence-electron chi connectivity index (χ3n) is 4.04. The van der Waals surface area contributed by atoms with Crippen molar-refractivity contribution in [1.82, 2.24) is 5.32 Å². The molecule has 0 aliphatic heterocycles. The summed E-state index contributed by atoms with van der Waals surface area (Å²) in [4.78, 5) is 23.9. The van der Waals surface area contributed by atoms with Crippen LogP contribution in [-0.2, 0) is 16.0 Å². The third kappa shape index (κ3) is 4.39. The van der Waals surface area contributed by atoms with Gasteiger partial charge in [-0.25, -0.2) is 0 Å².